The maximum absolute atomic E-state index is 12.6. The summed E-state index contributed by atoms with van der Waals surface area (Å²) in [6.45, 7) is 3.46. The van der Waals surface area contributed by atoms with Crippen LogP contribution in [0.5, 0.6) is 0 Å². The Morgan fingerprint density at radius 2 is 1.74 bits per heavy atom. The van der Waals surface area contributed by atoms with Crippen molar-refractivity contribution in [3.8, 4) is 0 Å². The number of halogens is 3. The van der Waals surface area contributed by atoms with Gasteiger partial charge in [0.15, 0.2) is 5.82 Å². The highest BCUT2D eigenvalue weighted by Crippen LogP contribution is 2.31. The fourth-order valence-electron chi connectivity index (χ4n) is 2.52. The van der Waals surface area contributed by atoms with E-state index in [9.17, 15) is 13.2 Å². The Morgan fingerprint density at radius 1 is 1.04 bits per heavy atom. The summed E-state index contributed by atoms with van der Waals surface area (Å²) in [6, 6.07) is 8.68. The van der Waals surface area contributed by atoms with Crippen LogP contribution in [-0.4, -0.2) is 31.2 Å². The minimum Gasteiger partial charge on any atom is -0.353 e. The minimum absolute atomic E-state index is 0.599. The number of piperazine rings is 1. The molecule has 1 fully saturated rings. The van der Waals surface area contributed by atoms with Crippen molar-refractivity contribution in [3.05, 3.63) is 48.2 Å². The van der Waals surface area contributed by atoms with Crippen LogP contribution >= 0.6 is 0 Å². The second-order valence-corrected chi connectivity index (χ2v) is 5.31. The van der Waals surface area contributed by atoms with Gasteiger partial charge in [-0.3, -0.25) is 0 Å². The number of pyridine rings is 1. The average molecular weight is 322 g/mol. The zero-order chi connectivity index (χ0) is 16.3. The molecule has 0 aliphatic carbocycles. The highest BCUT2D eigenvalue weighted by atomic mass is 19.4. The lowest BCUT2D eigenvalue weighted by molar-refractivity contribution is -0.137. The lowest BCUT2D eigenvalue weighted by atomic mass is 10.2. The largest absolute Gasteiger partial charge is 0.416 e. The van der Waals surface area contributed by atoms with Crippen molar-refractivity contribution in [2.24, 2.45) is 0 Å². The number of rotatable bonds is 3. The van der Waals surface area contributed by atoms with Crippen molar-refractivity contribution in [2.45, 2.75) is 6.18 Å². The number of alkyl halides is 3. The van der Waals surface area contributed by atoms with E-state index in [1.807, 2.05) is 6.07 Å². The third-order valence-corrected chi connectivity index (χ3v) is 3.69. The summed E-state index contributed by atoms with van der Waals surface area (Å²) in [6.07, 6.45) is -2.60. The van der Waals surface area contributed by atoms with Crippen LogP contribution in [0.2, 0.25) is 0 Å². The molecule has 122 valence electrons. The predicted octanol–water partition coefficient (Wildman–Crippen LogP) is 3.25. The van der Waals surface area contributed by atoms with Crippen LogP contribution < -0.4 is 15.5 Å². The number of nitrogens with zero attached hydrogens (tertiary/aromatic N) is 2. The Kier molecular flexibility index (Phi) is 4.38. The molecule has 4 nitrogen and oxygen atoms in total. The summed E-state index contributed by atoms with van der Waals surface area (Å²) < 4.78 is 37.8. The molecule has 7 heteroatoms. The van der Waals surface area contributed by atoms with Gasteiger partial charge in [-0.2, -0.15) is 13.2 Å². The summed E-state index contributed by atoms with van der Waals surface area (Å²) in [5.74, 6) is 0.814. The lowest BCUT2D eigenvalue weighted by Crippen LogP contribution is -2.44. The van der Waals surface area contributed by atoms with E-state index in [0.29, 0.717) is 5.69 Å². The Labute approximate surface area is 132 Å². The fraction of sp³-hybridized carbons (Fsp3) is 0.312. The van der Waals surface area contributed by atoms with Crippen LogP contribution in [0.1, 0.15) is 5.56 Å². The maximum atomic E-state index is 12.6. The first-order chi connectivity index (χ1) is 11.0. The SMILES string of the molecule is FC(F)(F)c1ccc(Nc2cccnc2N2CCNCC2)cc1. The number of nitrogens with one attached hydrogen (secondary N) is 2. The van der Waals surface area contributed by atoms with Crippen molar-refractivity contribution in [3.63, 3.8) is 0 Å². The van der Waals surface area contributed by atoms with Gasteiger partial charge in [0.1, 0.15) is 0 Å². The van der Waals surface area contributed by atoms with E-state index in [-0.39, 0.29) is 0 Å². The smallest absolute Gasteiger partial charge is 0.353 e. The molecule has 0 spiro atoms. The Balaban J connectivity index is 1.80. The summed E-state index contributed by atoms with van der Waals surface area (Å²) in [7, 11) is 0. The summed E-state index contributed by atoms with van der Waals surface area (Å²) in [5, 5.41) is 6.43. The van der Waals surface area contributed by atoms with Gasteiger partial charge in [-0.15, -0.1) is 0 Å². The summed E-state index contributed by atoms with van der Waals surface area (Å²) >= 11 is 0. The first-order valence-corrected chi connectivity index (χ1v) is 7.39. The third kappa shape index (κ3) is 3.73. The zero-order valence-electron chi connectivity index (χ0n) is 12.4. The monoisotopic (exact) mass is 322 g/mol. The van der Waals surface area contributed by atoms with Gasteiger partial charge in [0.25, 0.3) is 0 Å². The van der Waals surface area contributed by atoms with E-state index in [1.54, 1.807) is 12.3 Å². The minimum atomic E-state index is -4.32. The van der Waals surface area contributed by atoms with Gasteiger partial charge in [0.05, 0.1) is 11.3 Å². The second-order valence-electron chi connectivity index (χ2n) is 5.31. The fourth-order valence-corrected chi connectivity index (χ4v) is 2.52. The highest BCUT2D eigenvalue weighted by molar-refractivity contribution is 5.72. The third-order valence-electron chi connectivity index (χ3n) is 3.69. The number of anilines is 3. The van der Waals surface area contributed by atoms with Gasteiger partial charge in [-0.25, -0.2) is 4.98 Å². The molecule has 2 N–H and O–H groups in total. The number of hydrogen-bond acceptors (Lipinski definition) is 4. The molecule has 0 saturated carbocycles. The van der Waals surface area contributed by atoms with Crippen molar-refractivity contribution in [2.75, 3.05) is 36.4 Å². The zero-order valence-corrected chi connectivity index (χ0v) is 12.4. The molecule has 1 aromatic carbocycles. The molecule has 0 radical (unpaired) electrons. The molecule has 1 aliphatic rings. The molecule has 23 heavy (non-hydrogen) atoms. The number of aromatic nitrogens is 1. The van der Waals surface area contributed by atoms with Crippen molar-refractivity contribution in [1.82, 2.24) is 10.3 Å². The molecule has 0 atom stereocenters. The molecule has 3 rings (SSSR count). The Hall–Kier alpha value is -2.28. The van der Waals surface area contributed by atoms with Gasteiger partial charge in [0, 0.05) is 38.1 Å². The maximum Gasteiger partial charge on any atom is 0.416 e. The van der Waals surface area contributed by atoms with Crippen LogP contribution in [0.25, 0.3) is 0 Å². The van der Waals surface area contributed by atoms with Crippen molar-refractivity contribution in [1.29, 1.82) is 0 Å². The molecule has 2 aromatic rings. The highest BCUT2D eigenvalue weighted by Gasteiger charge is 2.30. The summed E-state index contributed by atoms with van der Waals surface area (Å²) in [4.78, 5) is 6.57. The van der Waals surface area contributed by atoms with Gasteiger partial charge >= 0.3 is 6.18 Å². The van der Waals surface area contributed by atoms with Gasteiger partial charge < -0.3 is 15.5 Å². The van der Waals surface area contributed by atoms with Gasteiger partial charge in [-0.1, -0.05) is 0 Å². The molecule has 1 aromatic heterocycles. The first kappa shape index (κ1) is 15.6. The normalized spacial score (nSPS) is 15.5. The van der Waals surface area contributed by atoms with Gasteiger partial charge in [-0.05, 0) is 36.4 Å². The predicted molar refractivity (Wildman–Crippen MR) is 84.0 cm³/mol. The van der Waals surface area contributed by atoms with E-state index in [4.69, 9.17) is 0 Å². The first-order valence-electron chi connectivity index (χ1n) is 7.39. The lowest BCUT2D eigenvalue weighted by Gasteiger charge is -2.30. The molecule has 1 aliphatic heterocycles. The quantitative estimate of drug-likeness (QED) is 0.910. The molecule has 1 saturated heterocycles. The number of benzene rings is 1. The number of hydrogen-bond donors (Lipinski definition) is 2. The summed E-state index contributed by atoms with van der Waals surface area (Å²) in [5.41, 5.74) is 0.730. The molecule has 0 bridgehead atoms. The van der Waals surface area contributed by atoms with E-state index >= 15 is 0 Å². The van der Waals surface area contributed by atoms with Crippen LogP contribution in [0.15, 0.2) is 42.6 Å². The molecule has 0 unspecified atom stereocenters. The van der Waals surface area contributed by atoms with Crippen LogP contribution in [0, 0.1) is 0 Å². The second kappa shape index (κ2) is 6.45. The molecular weight excluding hydrogens is 305 g/mol. The van der Waals surface area contributed by atoms with E-state index in [0.717, 1.165) is 49.8 Å². The molecule has 0 amide bonds. The molecular formula is C16H17F3N4. The standard InChI is InChI=1S/C16H17F3N4/c17-16(18,19)12-3-5-13(6-4-12)22-14-2-1-7-21-15(14)23-10-8-20-9-11-23/h1-7,20,22H,8-11H2. The van der Waals surface area contributed by atoms with Crippen LogP contribution in [0.4, 0.5) is 30.4 Å². The van der Waals surface area contributed by atoms with Crippen molar-refractivity contribution < 1.29 is 13.2 Å². The topological polar surface area (TPSA) is 40.2 Å². The van der Waals surface area contributed by atoms with Crippen LogP contribution in [-0.2, 0) is 6.18 Å². The van der Waals surface area contributed by atoms with Crippen molar-refractivity contribution >= 4 is 17.2 Å². The Morgan fingerprint density at radius 3 is 2.39 bits per heavy atom. The van der Waals surface area contributed by atoms with E-state index in [2.05, 4.69) is 20.5 Å². The average Bonchev–Trinajstić information content (AvgIpc) is 2.56. The molecule has 2 heterocycles. The van der Waals surface area contributed by atoms with Gasteiger partial charge in [0.2, 0.25) is 0 Å². The van der Waals surface area contributed by atoms with E-state index < -0.39 is 11.7 Å². The van der Waals surface area contributed by atoms with E-state index in [1.165, 1.54) is 12.1 Å². The Bertz CT molecular complexity index is 649. The van der Waals surface area contributed by atoms with Crippen LogP contribution in [0.3, 0.4) is 0 Å².